The molecule has 0 bridgehead atoms. The van der Waals surface area contributed by atoms with Crippen molar-refractivity contribution in [2.45, 2.75) is 19.8 Å². The summed E-state index contributed by atoms with van der Waals surface area (Å²) in [6, 6.07) is 5.34. The zero-order valence-electron chi connectivity index (χ0n) is 14.2. The van der Waals surface area contributed by atoms with Crippen LogP contribution in [0.15, 0.2) is 23.0 Å². The summed E-state index contributed by atoms with van der Waals surface area (Å²) in [4.78, 5) is 24.2. The third kappa shape index (κ3) is 3.63. The lowest BCUT2D eigenvalue weighted by Gasteiger charge is -2.30. The van der Waals surface area contributed by atoms with Gasteiger partial charge in [0.2, 0.25) is 15.9 Å². The number of amides is 1. The van der Waals surface area contributed by atoms with Gasteiger partial charge in [0.25, 0.3) is 0 Å². The second-order valence-corrected chi connectivity index (χ2v) is 9.45. The first-order chi connectivity index (χ1) is 11.8. The fourth-order valence-corrected chi connectivity index (χ4v) is 5.15. The number of nitrogens with zero attached hydrogens (tertiary/aromatic N) is 2. The maximum Gasteiger partial charge on any atom is 0.307 e. The molecule has 1 N–H and O–H groups in total. The first kappa shape index (κ1) is 18.1. The van der Waals surface area contributed by atoms with E-state index in [0.717, 1.165) is 21.6 Å². The summed E-state index contributed by atoms with van der Waals surface area (Å²) >= 11 is 1.13. The Balaban J connectivity index is 1.74. The van der Waals surface area contributed by atoms with Crippen LogP contribution in [0.1, 0.15) is 19.8 Å². The van der Waals surface area contributed by atoms with Crippen molar-refractivity contribution in [3.8, 4) is 0 Å². The summed E-state index contributed by atoms with van der Waals surface area (Å²) in [5.74, 6) is -0.496. The van der Waals surface area contributed by atoms with Crippen LogP contribution in [0.25, 0.3) is 10.2 Å². The molecule has 0 aliphatic carbocycles. The number of hydrogen-bond acceptors (Lipinski definition) is 5. The Labute approximate surface area is 150 Å². The largest absolute Gasteiger partial charge is 0.326 e. The molecule has 0 radical (unpaired) electrons. The molecule has 1 atom stereocenters. The predicted molar refractivity (Wildman–Crippen MR) is 99.5 cm³/mol. The Bertz CT molecular complexity index is 961. The van der Waals surface area contributed by atoms with E-state index in [2.05, 4.69) is 5.32 Å². The Morgan fingerprint density at radius 2 is 2.16 bits per heavy atom. The van der Waals surface area contributed by atoms with Gasteiger partial charge in [-0.3, -0.25) is 9.59 Å². The molecule has 3 rings (SSSR count). The number of piperidine rings is 1. The topological polar surface area (TPSA) is 88.5 Å². The molecule has 136 valence electrons. The van der Waals surface area contributed by atoms with Gasteiger partial charge in [0.1, 0.15) is 0 Å². The molecule has 1 amide bonds. The van der Waals surface area contributed by atoms with E-state index in [0.29, 0.717) is 25.1 Å². The normalized spacial score (nSPS) is 19.2. The minimum atomic E-state index is -3.27. The highest BCUT2D eigenvalue weighted by molar-refractivity contribution is 7.89. The third-order valence-electron chi connectivity index (χ3n) is 4.57. The van der Waals surface area contributed by atoms with E-state index < -0.39 is 10.0 Å². The number of rotatable bonds is 4. The van der Waals surface area contributed by atoms with Crippen LogP contribution in [0.2, 0.25) is 0 Å². The average Bonchev–Trinajstić information content (AvgIpc) is 2.88. The van der Waals surface area contributed by atoms with Crippen molar-refractivity contribution in [3.05, 3.63) is 27.9 Å². The maximum atomic E-state index is 12.5. The van der Waals surface area contributed by atoms with E-state index in [1.807, 2.05) is 0 Å². The Hall–Kier alpha value is -1.71. The third-order valence-corrected chi connectivity index (χ3v) is 7.42. The Morgan fingerprint density at radius 1 is 1.40 bits per heavy atom. The number of fused-ring (bicyclic) bond motifs is 1. The standard InChI is InChI=1S/C16H21N3O4S2/c1-3-25(22,23)19-8-4-5-11(10-19)15(20)17-12-6-7-13-14(9-12)24-16(21)18(13)2/h6-7,9,11H,3-5,8,10H2,1-2H3,(H,17,20)/t11-/m0/s1. The molecule has 1 saturated heterocycles. The molecule has 2 heterocycles. The molecule has 1 aliphatic rings. The van der Waals surface area contributed by atoms with Crippen LogP contribution in [0.4, 0.5) is 5.69 Å². The van der Waals surface area contributed by atoms with Crippen molar-refractivity contribution in [1.29, 1.82) is 0 Å². The van der Waals surface area contributed by atoms with Crippen LogP contribution in [0.5, 0.6) is 0 Å². The van der Waals surface area contributed by atoms with Crippen LogP contribution < -0.4 is 10.2 Å². The molecule has 0 spiro atoms. The number of aromatic nitrogens is 1. The average molecular weight is 383 g/mol. The van der Waals surface area contributed by atoms with Crippen molar-refractivity contribution >= 4 is 43.2 Å². The highest BCUT2D eigenvalue weighted by atomic mass is 32.2. The number of sulfonamides is 1. The molecule has 1 aliphatic heterocycles. The summed E-state index contributed by atoms with van der Waals surface area (Å²) < 4.78 is 27.8. The molecule has 1 fully saturated rings. The number of anilines is 1. The van der Waals surface area contributed by atoms with Crippen LogP contribution in [-0.2, 0) is 21.9 Å². The SMILES string of the molecule is CCS(=O)(=O)N1CCC[C@H](C(=O)Nc2ccc3c(c2)sc(=O)n3C)C1. The molecule has 25 heavy (non-hydrogen) atoms. The summed E-state index contributed by atoms with van der Waals surface area (Å²) in [5.41, 5.74) is 1.45. The van der Waals surface area contributed by atoms with Crippen LogP contribution in [0.3, 0.4) is 0 Å². The van der Waals surface area contributed by atoms with Crippen LogP contribution >= 0.6 is 11.3 Å². The van der Waals surface area contributed by atoms with Gasteiger partial charge in [-0.05, 0) is 38.0 Å². The van der Waals surface area contributed by atoms with Crippen molar-refractivity contribution in [1.82, 2.24) is 8.87 Å². The zero-order chi connectivity index (χ0) is 18.2. The van der Waals surface area contributed by atoms with Gasteiger partial charge in [0.15, 0.2) is 0 Å². The number of nitrogens with one attached hydrogen (secondary N) is 1. The monoisotopic (exact) mass is 383 g/mol. The van der Waals surface area contributed by atoms with Crippen LogP contribution in [0, 0.1) is 5.92 Å². The molecular formula is C16H21N3O4S2. The Morgan fingerprint density at radius 3 is 2.88 bits per heavy atom. The second kappa shape index (κ2) is 6.89. The number of thiazole rings is 1. The summed E-state index contributed by atoms with van der Waals surface area (Å²) in [7, 11) is -1.56. The first-order valence-corrected chi connectivity index (χ1v) is 10.6. The smallest absolute Gasteiger partial charge is 0.307 e. The lowest BCUT2D eigenvalue weighted by Crippen LogP contribution is -2.44. The summed E-state index contributed by atoms with van der Waals surface area (Å²) in [6.07, 6.45) is 1.35. The first-order valence-electron chi connectivity index (χ1n) is 8.20. The van der Waals surface area contributed by atoms with Gasteiger partial charge in [0.05, 0.1) is 21.9 Å². The minimum absolute atomic E-state index is 0.0466. The van der Waals surface area contributed by atoms with Gasteiger partial charge >= 0.3 is 4.87 Å². The number of carbonyl (C=O) groups is 1. The fraction of sp³-hybridized carbons (Fsp3) is 0.500. The number of aryl methyl sites for hydroxylation is 1. The van der Waals surface area contributed by atoms with E-state index in [-0.39, 0.29) is 29.0 Å². The molecule has 0 saturated carbocycles. The quantitative estimate of drug-likeness (QED) is 0.869. The molecule has 1 aromatic heterocycles. The molecule has 0 unspecified atom stereocenters. The van der Waals surface area contributed by atoms with E-state index in [9.17, 15) is 18.0 Å². The summed E-state index contributed by atoms with van der Waals surface area (Å²) in [5, 5.41) is 2.86. The van der Waals surface area contributed by atoms with Gasteiger partial charge < -0.3 is 9.88 Å². The van der Waals surface area contributed by atoms with E-state index in [1.165, 1.54) is 4.31 Å². The minimum Gasteiger partial charge on any atom is -0.326 e. The Kier molecular flexibility index (Phi) is 4.99. The molecule has 2 aromatic rings. The van der Waals surface area contributed by atoms with Gasteiger partial charge in [-0.1, -0.05) is 11.3 Å². The van der Waals surface area contributed by atoms with E-state index >= 15 is 0 Å². The zero-order valence-corrected chi connectivity index (χ0v) is 15.8. The highest BCUT2D eigenvalue weighted by Crippen LogP contribution is 2.24. The molecular weight excluding hydrogens is 362 g/mol. The number of benzene rings is 1. The van der Waals surface area contributed by atoms with Gasteiger partial charge in [-0.15, -0.1) is 0 Å². The van der Waals surface area contributed by atoms with Crippen molar-refractivity contribution in [2.24, 2.45) is 13.0 Å². The van der Waals surface area contributed by atoms with Gasteiger partial charge in [-0.2, -0.15) is 0 Å². The second-order valence-electron chi connectivity index (χ2n) is 6.20. The lowest BCUT2D eigenvalue weighted by molar-refractivity contribution is -0.120. The maximum absolute atomic E-state index is 12.5. The van der Waals surface area contributed by atoms with Gasteiger partial charge in [-0.25, -0.2) is 12.7 Å². The fourth-order valence-electron chi connectivity index (χ4n) is 3.05. The van der Waals surface area contributed by atoms with Gasteiger partial charge in [0, 0.05) is 25.8 Å². The number of hydrogen-bond donors (Lipinski definition) is 1. The number of carbonyl (C=O) groups excluding carboxylic acids is 1. The highest BCUT2D eigenvalue weighted by Gasteiger charge is 2.31. The van der Waals surface area contributed by atoms with Crippen molar-refractivity contribution in [2.75, 3.05) is 24.2 Å². The molecule has 9 heteroatoms. The van der Waals surface area contributed by atoms with Crippen molar-refractivity contribution < 1.29 is 13.2 Å². The molecule has 7 nitrogen and oxygen atoms in total. The molecule has 1 aromatic carbocycles. The van der Waals surface area contributed by atoms with Crippen molar-refractivity contribution in [3.63, 3.8) is 0 Å². The van der Waals surface area contributed by atoms with E-state index in [1.54, 1.807) is 36.7 Å². The summed E-state index contributed by atoms with van der Waals surface area (Å²) in [6.45, 7) is 2.31. The predicted octanol–water partition coefficient (Wildman–Crippen LogP) is 1.60. The lowest BCUT2D eigenvalue weighted by atomic mass is 9.98. The van der Waals surface area contributed by atoms with E-state index in [4.69, 9.17) is 0 Å². The van der Waals surface area contributed by atoms with Crippen LogP contribution in [-0.4, -0.2) is 42.0 Å².